The van der Waals surface area contributed by atoms with E-state index in [1.165, 1.54) is 6.20 Å². The van der Waals surface area contributed by atoms with Crippen LogP contribution in [-0.4, -0.2) is 47.7 Å². The molecule has 0 unspecified atom stereocenters. The predicted molar refractivity (Wildman–Crippen MR) is 118 cm³/mol. The first-order valence-corrected chi connectivity index (χ1v) is 10.9. The molecule has 4 heterocycles. The highest BCUT2D eigenvalue weighted by molar-refractivity contribution is 5.93. The third-order valence-corrected chi connectivity index (χ3v) is 6.03. The number of pyridine rings is 1. The van der Waals surface area contributed by atoms with Gasteiger partial charge in [-0.3, -0.25) is 9.36 Å². The molecule has 0 aromatic carbocycles. The molecule has 5 rings (SSSR count). The van der Waals surface area contributed by atoms with Crippen molar-refractivity contribution in [1.29, 1.82) is 0 Å². The van der Waals surface area contributed by atoms with E-state index in [1.807, 2.05) is 24.0 Å². The van der Waals surface area contributed by atoms with Crippen molar-refractivity contribution in [3.05, 3.63) is 42.7 Å². The standard InChI is InChI=1S/C22H23F3N8O/c1-26-18-9-17-16(11-29-18)19(13-10-30-32(2)12-13)31-33(17)14-3-5-15(6-4-14)34-21-20(22(23,24)25)27-7-8-28-21/h7-12,14-15H,3-6H2,1-2H3,(H,26,29)/t14-,15+. The number of hydrogen-bond donors (Lipinski definition) is 1. The zero-order valence-electron chi connectivity index (χ0n) is 18.6. The summed E-state index contributed by atoms with van der Waals surface area (Å²) < 4.78 is 49.1. The summed E-state index contributed by atoms with van der Waals surface area (Å²) in [5.74, 6) is 0.261. The first-order valence-electron chi connectivity index (χ1n) is 10.9. The van der Waals surface area contributed by atoms with Gasteiger partial charge in [-0.05, 0) is 25.7 Å². The second kappa shape index (κ2) is 8.58. The summed E-state index contributed by atoms with van der Waals surface area (Å²) in [5, 5.41) is 13.1. The van der Waals surface area contributed by atoms with Crippen LogP contribution in [0.25, 0.3) is 22.2 Å². The quantitative estimate of drug-likeness (QED) is 0.464. The molecule has 1 aliphatic rings. The third kappa shape index (κ3) is 4.15. The zero-order valence-corrected chi connectivity index (χ0v) is 18.6. The minimum absolute atomic E-state index is 0.0730. The molecule has 1 N–H and O–H groups in total. The number of rotatable bonds is 5. The van der Waals surface area contributed by atoms with Crippen molar-refractivity contribution in [2.24, 2.45) is 7.05 Å². The monoisotopic (exact) mass is 472 g/mol. The lowest BCUT2D eigenvalue weighted by atomic mass is 9.93. The van der Waals surface area contributed by atoms with E-state index in [4.69, 9.17) is 9.84 Å². The molecular weight excluding hydrogens is 449 g/mol. The normalized spacial score (nSPS) is 18.9. The van der Waals surface area contributed by atoms with E-state index in [-0.39, 0.29) is 12.1 Å². The van der Waals surface area contributed by atoms with Crippen LogP contribution < -0.4 is 10.1 Å². The van der Waals surface area contributed by atoms with Crippen molar-refractivity contribution in [3.63, 3.8) is 0 Å². The first kappa shape index (κ1) is 22.1. The van der Waals surface area contributed by atoms with Crippen molar-refractivity contribution >= 4 is 16.7 Å². The van der Waals surface area contributed by atoms with Gasteiger partial charge in [0.05, 0.1) is 17.8 Å². The minimum Gasteiger partial charge on any atom is -0.473 e. The fraction of sp³-hybridized carbons (Fsp3) is 0.409. The molecule has 1 saturated carbocycles. The van der Waals surface area contributed by atoms with Gasteiger partial charge < -0.3 is 10.1 Å². The largest absolute Gasteiger partial charge is 0.473 e. The molecule has 0 radical (unpaired) electrons. The fourth-order valence-corrected chi connectivity index (χ4v) is 4.38. The van der Waals surface area contributed by atoms with Gasteiger partial charge in [-0.15, -0.1) is 0 Å². The summed E-state index contributed by atoms with van der Waals surface area (Å²) in [5.41, 5.74) is 1.54. The van der Waals surface area contributed by atoms with Gasteiger partial charge in [0, 0.05) is 55.9 Å². The summed E-state index contributed by atoms with van der Waals surface area (Å²) in [6.45, 7) is 0. The number of ether oxygens (including phenoxy) is 1. The lowest BCUT2D eigenvalue weighted by Gasteiger charge is -2.29. The van der Waals surface area contributed by atoms with Crippen LogP contribution in [0.1, 0.15) is 37.4 Å². The third-order valence-electron chi connectivity index (χ3n) is 6.03. The Labute approximate surface area is 193 Å². The van der Waals surface area contributed by atoms with E-state index < -0.39 is 17.8 Å². The van der Waals surface area contributed by atoms with Gasteiger partial charge in [0.2, 0.25) is 11.6 Å². The van der Waals surface area contributed by atoms with Crippen molar-refractivity contribution in [3.8, 4) is 17.1 Å². The number of hydrogen-bond acceptors (Lipinski definition) is 7. The van der Waals surface area contributed by atoms with Gasteiger partial charge in [0.1, 0.15) is 17.6 Å². The average molecular weight is 472 g/mol. The van der Waals surface area contributed by atoms with Gasteiger partial charge in [0.25, 0.3) is 0 Å². The average Bonchev–Trinajstić information content (AvgIpc) is 3.42. The second-order valence-corrected chi connectivity index (χ2v) is 8.29. The summed E-state index contributed by atoms with van der Waals surface area (Å²) in [7, 11) is 3.66. The fourth-order valence-electron chi connectivity index (χ4n) is 4.38. The summed E-state index contributed by atoms with van der Waals surface area (Å²) in [6, 6.07) is 2.03. The summed E-state index contributed by atoms with van der Waals surface area (Å²) in [6.07, 6.45) is 5.26. The molecule has 34 heavy (non-hydrogen) atoms. The van der Waals surface area contributed by atoms with Gasteiger partial charge in [-0.2, -0.15) is 23.4 Å². The van der Waals surface area contributed by atoms with Gasteiger partial charge >= 0.3 is 6.18 Å². The highest BCUT2D eigenvalue weighted by Gasteiger charge is 2.38. The Bertz CT molecular complexity index is 1310. The molecule has 0 amide bonds. The number of fused-ring (bicyclic) bond motifs is 1. The van der Waals surface area contributed by atoms with E-state index in [9.17, 15) is 13.2 Å². The SMILES string of the molecule is CNc1cc2c(cn1)c(-c1cnn(C)c1)nn2[C@H]1CC[C@@H](Oc2nccnc2C(F)(F)F)CC1. The maximum absolute atomic E-state index is 13.2. The number of anilines is 1. The number of aromatic nitrogens is 7. The number of nitrogens with zero attached hydrogens (tertiary/aromatic N) is 7. The summed E-state index contributed by atoms with van der Waals surface area (Å²) in [4.78, 5) is 11.6. The number of aryl methyl sites for hydroxylation is 1. The molecule has 0 spiro atoms. The number of nitrogens with one attached hydrogen (secondary N) is 1. The zero-order chi connectivity index (χ0) is 23.9. The molecule has 178 valence electrons. The van der Waals surface area contributed by atoms with Crippen molar-refractivity contribution in [2.75, 3.05) is 12.4 Å². The van der Waals surface area contributed by atoms with Crippen molar-refractivity contribution in [1.82, 2.24) is 34.5 Å². The smallest absolute Gasteiger partial charge is 0.438 e. The Balaban J connectivity index is 1.39. The van der Waals surface area contributed by atoms with E-state index >= 15 is 0 Å². The first-order chi connectivity index (χ1) is 16.3. The van der Waals surface area contributed by atoms with Crippen LogP contribution in [0, 0.1) is 0 Å². The van der Waals surface area contributed by atoms with E-state index in [0.29, 0.717) is 25.7 Å². The van der Waals surface area contributed by atoms with Crippen molar-refractivity contribution < 1.29 is 17.9 Å². The van der Waals surface area contributed by atoms with Gasteiger partial charge in [-0.25, -0.2) is 15.0 Å². The maximum Gasteiger partial charge on any atom is 0.438 e. The van der Waals surface area contributed by atoms with Crippen LogP contribution in [0.2, 0.25) is 0 Å². The van der Waals surface area contributed by atoms with Crippen LogP contribution in [0.15, 0.2) is 37.1 Å². The molecule has 4 aromatic rings. The van der Waals surface area contributed by atoms with E-state index in [1.54, 1.807) is 24.1 Å². The Kier molecular flexibility index (Phi) is 5.58. The van der Waals surface area contributed by atoms with Crippen LogP contribution in [0.3, 0.4) is 0 Å². The number of halogens is 3. The maximum atomic E-state index is 13.2. The van der Waals surface area contributed by atoms with Crippen LogP contribution >= 0.6 is 0 Å². The van der Waals surface area contributed by atoms with Crippen molar-refractivity contribution in [2.45, 2.75) is 44.0 Å². The predicted octanol–water partition coefficient (Wildman–Crippen LogP) is 4.25. The van der Waals surface area contributed by atoms with E-state index in [2.05, 4.69) is 25.4 Å². The Morgan fingerprint density at radius 2 is 1.82 bits per heavy atom. The Hall–Kier alpha value is -3.70. The highest BCUT2D eigenvalue weighted by Crippen LogP contribution is 2.38. The molecule has 4 aromatic heterocycles. The molecule has 9 nitrogen and oxygen atoms in total. The topological polar surface area (TPSA) is 95.6 Å². The van der Waals surface area contributed by atoms with Crippen LogP contribution in [0.5, 0.6) is 5.88 Å². The molecule has 0 aliphatic heterocycles. The molecule has 0 bridgehead atoms. The lowest BCUT2D eigenvalue weighted by molar-refractivity contribution is -0.143. The van der Waals surface area contributed by atoms with E-state index in [0.717, 1.165) is 34.2 Å². The lowest BCUT2D eigenvalue weighted by Crippen LogP contribution is -2.27. The van der Waals surface area contributed by atoms with Crippen LogP contribution in [0.4, 0.5) is 19.0 Å². The molecule has 0 atom stereocenters. The molecule has 1 fully saturated rings. The minimum atomic E-state index is -4.61. The van der Waals surface area contributed by atoms with Crippen LogP contribution in [-0.2, 0) is 13.2 Å². The molecule has 0 saturated heterocycles. The number of alkyl halides is 3. The Morgan fingerprint density at radius 1 is 1.06 bits per heavy atom. The second-order valence-electron chi connectivity index (χ2n) is 8.29. The molecule has 12 heteroatoms. The van der Waals surface area contributed by atoms with Gasteiger partial charge in [-0.1, -0.05) is 0 Å². The molecular formula is C22H23F3N8O. The van der Waals surface area contributed by atoms with Gasteiger partial charge in [0.15, 0.2) is 0 Å². The Morgan fingerprint density at radius 3 is 2.50 bits per heavy atom. The molecule has 1 aliphatic carbocycles. The summed E-state index contributed by atoms with van der Waals surface area (Å²) >= 11 is 0. The highest BCUT2D eigenvalue weighted by atomic mass is 19.4.